The minimum absolute atomic E-state index is 0.0178. The van der Waals surface area contributed by atoms with Gasteiger partial charge in [0.25, 0.3) is 0 Å². The Bertz CT molecular complexity index is 1080. The molecule has 2 amide bonds. The third-order valence-corrected chi connectivity index (χ3v) is 6.33. The summed E-state index contributed by atoms with van der Waals surface area (Å²) < 4.78 is 5.86. The van der Waals surface area contributed by atoms with Crippen molar-refractivity contribution in [1.29, 1.82) is 0 Å². The van der Waals surface area contributed by atoms with Crippen molar-refractivity contribution >= 4 is 17.8 Å². The van der Waals surface area contributed by atoms with Gasteiger partial charge in [-0.15, -0.1) is 12.8 Å². The number of terminal acetylenes is 1. The highest BCUT2D eigenvalue weighted by Crippen LogP contribution is 2.41. The molecule has 4 N–H and O–H groups in total. The maximum Gasteiger partial charge on any atom is 0.231 e. The van der Waals surface area contributed by atoms with Crippen LogP contribution >= 0.6 is 0 Å². The number of pyridine rings is 1. The molecule has 2 aliphatic heterocycles. The van der Waals surface area contributed by atoms with Crippen LogP contribution in [0.5, 0.6) is 5.75 Å². The van der Waals surface area contributed by atoms with Crippen LogP contribution < -0.4 is 15.8 Å². The highest BCUT2D eigenvalue weighted by molar-refractivity contribution is 5.99. The first kappa shape index (κ1) is 34.1. The van der Waals surface area contributed by atoms with Crippen LogP contribution in [0.2, 0.25) is 0 Å². The molecule has 0 bridgehead atoms. The zero-order valence-corrected chi connectivity index (χ0v) is 24.6. The summed E-state index contributed by atoms with van der Waals surface area (Å²) in [5.74, 6) is 1.17. The number of carbonyl (C=O) groups excluding carboxylic acids is 2. The van der Waals surface area contributed by atoms with Gasteiger partial charge in [0.05, 0.1) is 24.1 Å². The van der Waals surface area contributed by atoms with Crippen molar-refractivity contribution in [3.8, 4) is 18.6 Å². The molecular formula is C31H45N5O4. The number of ether oxygens (including phenoxy) is 1. The topological polar surface area (TPSA) is 130 Å². The van der Waals surface area contributed by atoms with Gasteiger partial charge in [0, 0.05) is 44.0 Å². The predicted molar refractivity (Wildman–Crippen MR) is 159 cm³/mol. The van der Waals surface area contributed by atoms with E-state index in [0.717, 1.165) is 31.3 Å². The van der Waals surface area contributed by atoms with Gasteiger partial charge in [-0.1, -0.05) is 38.1 Å². The lowest BCUT2D eigenvalue weighted by molar-refractivity contribution is -0.130. The van der Waals surface area contributed by atoms with Crippen molar-refractivity contribution < 1.29 is 19.4 Å². The molecule has 40 heavy (non-hydrogen) atoms. The van der Waals surface area contributed by atoms with E-state index in [9.17, 15) is 9.59 Å². The maximum atomic E-state index is 12.8. The number of para-hydroxylation sites is 1. The van der Waals surface area contributed by atoms with E-state index in [1.165, 1.54) is 4.90 Å². The minimum Gasteiger partial charge on any atom is -0.490 e. The first-order valence-corrected chi connectivity index (χ1v) is 13.6. The molecule has 0 spiro atoms. The van der Waals surface area contributed by atoms with Gasteiger partial charge in [0.15, 0.2) is 5.96 Å². The van der Waals surface area contributed by atoms with Gasteiger partial charge in [0.2, 0.25) is 11.8 Å². The first-order valence-electron chi connectivity index (χ1n) is 13.6. The van der Waals surface area contributed by atoms with Gasteiger partial charge in [-0.05, 0) is 51.3 Å². The lowest BCUT2D eigenvalue weighted by atomic mass is 9.97. The summed E-state index contributed by atoms with van der Waals surface area (Å²) in [6.07, 6.45) is 13.4. The van der Waals surface area contributed by atoms with Gasteiger partial charge in [-0.2, -0.15) is 0 Å². The van der Waals surface area contributed by atoms with Gasteiger partial charge in [0.1, 0.15) is 5.75 Å². The lowest BCUT2D eigenvalue weighted by Gasteiger charge is -2.33. The van der Waals surface area contributed by atoms with E-state index in [0.29, 0.717) is 13.0 Å². The predicted octanol–water partition coefficient (Wildman–Crippen LogP) is 3.94. The molecule has 1 saturated carbocycles. The Kier molecular flexibility index (Phi) is 14.4. The number of amides is 2. The summed E-state index contributed by atoms with van der Waals surface area (Å²) in [4.78, 5) is 34.9. The molecule has 9 nitrogen and oxygen atoms in total. The molecule has 0 saturated heterocycles. The van der Waals surface area contributed by atoms with Gasteiger partial charge >= 0.3 is 0 Å². The average molecular weight is 552 g/mol. The molecule has 2 unspecified atom stereocenters. The number of fused-ring (bicyclic) bond motifs is 1. The second-order valence-electron chi connectivity index (χ2n) is 9.85. The normalized spacial score (nSPS) is 23.1. The monoisotopic (exact) mass is 551 g/mol. The summed E-state index contributed by atoms with van der Waals surface area (Å²) in [6, 6.07) is 13.5. The Hall–Kier alpha value is -3.90. The number of guanidine groups is 1. The number of carbonyl (C=O) groups is 2. The number of aliphatic imine (C=N–C) groups is 1. The smallest absolute Gasteiger partial charge is 0.231 e. The maximum absolute atomic E-state index is 12.8. The number of rotatable bonds is 4. The Balaban J connectivity index is 0.000000568. The number of hydrogen-bond donors (Lipinski definition) is 3. The standard InChI is InChI=1S/C21H28N4O3.C5H5N.C2H6.C2H2.CH4O/c1-12-8-16(14-6-4-5-7-17(14)28-12)23-19(27)15-9-13(15)11-25-18(26)10-21(2,3)24-20(25)22;1-2-4-6-5-3-1;3*1-2/h4-7,12-13,15-16H,8-11H2,1-3H3,(H2,22,24)(H,23,27);1-5H;1-2H3;1-2H;2H,1H3/t12?,13-,15?,16+;;;;/m1..../s1. The van der Waals surface area contributed by atoms with E-state index in [2.05, 4.69) is 28.1 Å². The van der Waals surface area contributed by atoms with E-state index >= 15 is 0 Å². The number of aromatic nitrogens is 1. The fourth-order valence-corrected chi connectivity index (χ4v) is 4.53. The molecule has 1 aromatic carbocycles. The van der Waals surface area contributed by atoms with Gasteiger partial charge in [-0.3, -0.25) is 19.5 Å². The third-order valence-electron chi connectivity index (χ3n) is 6.33. The average Bonchev–Trinajstić information content (AvgIpc) is 3.74. The highest BCUT2D eigenvalue weighted by atomic mass is 16.5. The molecule has 1 aliphatic carbocycles. The van der Waals surface area contributed by atoms with Crippen molar-refractivity contribution in [2.75, 3.05) is 13.7 Å². The number of nitrogens with two attached hydrogens (primary N) is 1. The Morgan fingerprint density at radius 1 is 1.12 bits per heavy atom. The van der Waals surface area contributed by atoms with Crippen LogP contribution in [-0.4, -0.2) is 58.1 Å². The summed E-state index contributed by atoms with van der Waals surface area (Å²) in [6.45, 7) is 10.3. The van der Waals surface area contributed by atoms with Crippen molar-refractivity contribution in [2.45, 2.75) is 71.6 Å². The third kappa shape index (κ3) is 10.0. The van der Waals surface area contributed by atoms with E-state index in [1.807, 2.05) is 77.1 Å². The number of benzene rings is 1. The summed E-state index contributed by atoms with van der Waals surface area (Å²) in [5, 5.41) is 10.2. The van der Waals surface area contributed by atoms with Gasteiger partial charge < -0.3 is 20.9 Å². The lowest BCUT2D eigenvalue weighted by Crippen LogP contribution is -2.50. The molecule has 1 fully saturated rings. The van der Waals surface area contributed by atoms with Crippen molar-refractivity contribution in [1.82, 2.24) is 15.2 Å². The van der Waals surface area contributed by atoms with E-state index in [4.69, 9.17) is 15.6 Å². The number of nitrogens with zero attached hydrogens (tertiary/aromatic N) is 3. The second kappa shape index (κ2) is 16.9. The summed E-state index contributed by atoms with van der Waals surface area (Å²) in [7, 11) is 1.00. The Morgan fingerprint density at radius 3 is 2.30 bits per heavy atom. The SMILES string of the molecule is C#C.CC.CC1C[C@H](NC(=O)C2C[C@@H]2CN2C(=O)CC(C)(C)N=C2N)c2ccccc2O1.CO.c1ccncc1. The van der Waals surface area contributed by atoms with Crippen LogP contribution in [0.15, 0.2) is 59.9 Å². The Labute approximate surface area is 239 Å². The molecule has 9 heteroatoms. The Morgan fingerprint density at radius 2 is 1.75 bits per heavy atom. The second-order valence-corrected chi connectivity index (χ2v) is 9.85. The largest absolute Gasteiger partial charge is 0.490 e. The molecule has 3 aliphatic rings. The van der Waals surface area contributed by atoms with Crippen molar-refractivity contribution in [3.63, 3.8) is 0 Å². The molecule has 5 rings (SSSR count). The van der Waals surface area contributed by atoms with E-state index in [-0.39, 0.29) is 41.8 Å². The zero-order valence-electron chi connectivity index (χ0n) is 24.6. The number of nitrogens with one attached hydrogen (secondary N) is 1. The fraction of sp³-hybridized carbons (Fsp3) is 0.484. The molecule has 218 valence electrons. The van der Waals surface area contributed by atoms with Crippen LogP contribution in [0.3, 0.4) is 0 Å². The summed E-state index contributed by atoms with van der Waals surface area (Å²) >= 11 is 0. The van der Waals surface area contributed by atoms with Crippen molar-refractivity contribution in [3.05, 3.63) is 60.4 Å². The van der Waals surface area contributed by atoms with Crippen LogP contribution in [-0.2, 0) is 9.59 Å². The molecule has 1 aromatic heterocycles. The van der Waals surface area contributed by atoms with Crippen molar-refractivity contribution in [2.24, 2.45) is 22.6 Å². The fourth-order valence-electron chi connectivity index (χ4n) is 4.53. The molecule has 3 heterocycles. The summed E-state index contributed by atoms with van der Waals surface area (Å²) in [5.41, 5.74) is 6.57. The molecular weight excluding hydrogens is 506 g/mol. The zero-order chi connectivity index (χ0) is 30.3. The van der Waals surface area contributed by atoms with E-state index in [1.54, 1.807) is 12.4 Å². The highest BCUT2D eigenvalue weighted by Gasteiger charge is 2.46. The van der Waals surface area contributed by atoms with Crippen LogP contribution in [0.25, 0.3) is 0 Å². The van der Waals surface area contributed by atoms with Crippen LogP contribution in [0.1, 0.15) is 65.5 Å². The first-order chi connectivity index (χ1) is 19.2. The quantitative estimate of drug-likeness (QED) is 0.494. The van der Waals surface area contributed by atoms with Crippen LogP contribution in [0, 0.1) is 24.7 Å². The molecule has 2 aromatic rings. The van der Waals surface area contributed by atoms with Crippen LogP contribution in [0.4, 0.5) is 0 Å². The number of aliphatic hydroxyl groups excluding tert-OH is 1. The number of aliphatic hydroxyl groups is 1. The minimum atomic E-state index is -0.453. The van der Waals surface area contributed by atoms with E-state index < -0.39 is 5.54 Å². The molecule has 4 atom stereocenters. The molecule has 0 radical (unpaired) electrons. The number of hydrogen-bond acceptors (Lipinski definition) is 7. The van der Waals surface area contributed by atoms with Gasteiger partial charge in [-0.25, -0.2) is 4.99 Å².